The molecule has 1 saturated heterocycles. The Morgan fingerprint density at radius 1 is 1.36 bits per heavy atom. The Balaban J connectivity index is 1.80. The third kappa shape index (κ3) is 3.81. The summed E-state index contributed by atoms with van der Waals surface area (Å²) in [6.07, 6.45) is 5.44. The molecule has 1 fully saturated rings. The van der Waals surface area contributed by atoms with Gasteiger partial charge in [-0.1, -0.05) is 13.8 Å². The molecule has 7 nitrogen and oxygen atoms in total. The number of nitrogens with one attached hydrogen (secondary N) is 2. The van der Waals surface area contributed by atoms with Gasteiger partial charge in [0.2, 0.25) is 11.9 Å². The number of hydrogen-bond acceptors (Lipinski definition) is 5. The fourth-order valence-electron chi connectivity index (χ4n) is 3.27. The minimum absolute atomic E-state index is 0.0164. The van der Waals surface area contributed by atoms with Gasteiger partial charge in [-0.15, -0.1) is 0 Å². The standard InChI is InChI=1S/C18H26N6O/c1-11(2)15(23-18-19-8-7-12(3)22-18)17(25)24-9-5-6-14(24)16-20-10-13(4)21-16/h7-8,10-11,14-15H,5-6,9H2,1-4H3,(H,20,21)(H,19,22,23)/t14-,15-/m0/s1. The summed E-state index contributed by atoms with van der Waals surface area (Å²) in [6, 6.07) is 1.49. The van der Waals surface area contributed by atoms with Crippen LogP contribution in [0.2, 0.25) is 0 Å². The molecule has 0 aliphatic carbocycles. The van der Waals surface area contributed by atoms with Gasteiger partial charge < -0.3 is 15.2 Å². The summed E-state index contributed by atoms with van der Waals surface area (Å²) in [7, 11) is 0. The predicted molar refractivity (Wildman–Crippen MR) is 96.0 cm³/mol. The van der Waals surface area contributed by atoms with Gasteiger partial charge in [0, 0.05) is 30.3 Å². The lowest BCUT2D eigenvalue weighted by atomic mass is 10.0. The third-order valence-corrected chi connectivity index (χ3v) is 4.59. The van der Waals surface area contributed by atoms with Crippen LogP contribution in [0.1, 0.15) is 49.9 Å². The number of aromatic amines is 1. The third-order valence-electron chi connectivity index (χ3n) is 4.59. The van der Waals surface area contributed by atoms with Gasteiger partial charge >= 0.3 is 0 Å². The summed E-state index contributed by atoms with van der Waals surface area (Å²) in [4.78, 5) is 31.5. The summed E-state index contributed by atoms with van der Waals surface area (Å²) in [5.41, 5.74) is 1.89. The molecule has 0 bridgehead atoms. The van der Waals surface area contributed by atoms with E-state index < -0.39 is 0 Å². The van der Waals surface area contributed by atoms with Crippen molar-refractivity contribution < 1.29 is 4.79 Å². The lowest BCUT2D eigenvalue weighted by molar-refractivity contribution is -0.134. The number of aromatic nitrogens is 4. The second kappa shape index (κ2) is 7.21. The maximum Gasteiger partial charge on any atom is 0.246 e. The summed E-state index contributed by atoms with van der Waals surface area (Å²) in [6.45, 7) is 8.71. The van der Waals surface area contributed by atoms with Crippen LogP contribution in [-0.4, -0.2) is 43.3 Å². The Bertz CT molecular complexity index is 741. The van der Waals surface area contributed by atoms with E-state index in [1.165, 1.54) is 0 Å². The van der Waals surface area contributed by atoms with Crippen molar-refractivity contribution in [3.8, 4) is 0 Å². The number of hydrogen-bond donors (Lipinski definition) is 2. The van der Waals surface area contributed by atoms with E-state index >= 15 is 0 Å². The summed E-state index contributed by atoms with van der Waals surface area (Å²) < 4.78 is 0. The van der Waals surface area contributed by atoms with E-state index in [0.29, 0.717) is 5.95 Å². The smallest absolute Gasteiger partial charge is 0.246 e. The zero-order valence-electron chi connectivity index (χ0n) is 15.3. The quantitative estimate of drug-likeness (QED) is 0.872. The fraction of sp³-hybridized carbons (Fsp3) is 0.556. The first-order valence-corrected chi connectivity index (χ1v) is 8.84. The maximum atomic E-state index is 13.2. The Labute approximate surface area is 148 Å². The summed E-state index contributed by atoms with van der Waals surface area (Å²) in [5, 5.41) is 3.23. The molecule has 25 heavy (non-hydrogen) atoms. The molecule has 1 aliphatic heterocycles. The van der Waals surface area contributed by atoms with Gasteiger partial charge in [0.1, 0.15) is 11.9 Å². The van der Waals surface area contributed by atoms with Crippen LogP contribution in [0, 0.1) is 19.8 Å². The molecule has 0 radical (unpaired) electrons. The molecule has 3 heterocycles. The molecule has 0 saturated carbocycles. The number of likely N-dealkylation sites (tertiary alicyclic amines) is 1. The average Bonchev–Trinajstić information content (AvgIpc) is 3.20. The molecule has 2 aromatic heterocycles. The van der Waals surface area contributed by atoms with E-state index in [4.69, 9.17) is 0 Å². The lowest BCUT2D eigenvalue weighted by Crippen LogP contribution is -2.45. The van der Waals surface area contributed by atoms with Gasteiger partial charge in [-0.25, -0.2) is 15.0 Å². The molecule has 2 atom stereocenters. The monoisotopic (exact) mass is 342 g/mol. The average molecular weight is 342 g/mol. The maximum absolute atomic E-state index is 13.2. The Morgan fingerprint density at radius 2 is 2.16 bits per heavy atom. The first kappa shape index (κ1) is 17.4. The second-order valence-electron chi connectivity index (χ2n) is 7.03. The zero-order chi connectivity index (χ0) is 18.0. The number of amides is 1. The molecule has 0 aromatic carbocycles. The molecule has 134 valence electrons. The van der Waals surface area contributed by atoms with Crippen LogP contribution >= 0.6 is 0 Å². The van der Waals surface area contributed by atoms with Gasteiger partial charge in [0.15, 0.2) is 0 Å². The fourth-order valence-corrected chi connectivity index (χ4v) is 3.27. The minimum atomic E-state index is -0.363. The van der Waals surface area contributed by atoms with Gasteiger partial charge in [-0.05, 0) is 38.7 Å². The van der Waals surface area contributed by atoms with E-state index in [1.54, 1.807) is 6.20 Å². The van der Waals surface area contributed by atoms with Crippen molar-refractivity contribution in [2.24, 2.45) is 5.92 Å². The summed E-state index contributed by atoms with van der Waals surface area (Å²) >= 11 is 0. The molecule has 2 N–H and O–H groups in total. The lowest BCUT2D eigenvalue weighted by Gasteiger charge is -2.30. The van der Waals surface area contributed by atoms with Crippen LogP contribution in [0.5, 0.6) is 0 Å². The van der Waals surface area contributed by atoms with Crippen molar-refractivity contribution in [2.75, 3.05) is 11.9 Å². The number of aryl methyl sites for hydroxylation is 2. The van der Waals surface area contributed by atoms with Crippen molar-refractivity contribution in [2.45, 2.75) is 52.6 Å². The highest BCUT2D eigenvalue weighted by atomic mass is 16.2. The normalized spacial score (nSPS) is 18.6. The van der Waals surface area contributed by atoms with Crippen LogP contribution in [0.3, 0.4) is 0 Å². The number of carbonyl (C=O) groups is 1. The topological polar surface area (TPSA) is 86.8 Å². The van der Waals surface area contributed by atoms with Gasteiger partial charge in [-0.2, -0.15) is 0 Å². The van der Waals surface area contributed by atoms with Gasteiger partial charge in [-0.3, -0.25) is 4.79 Å². The number of nitrogens with zero attached hydrogens (tertiary/aromatic N) is 4. The van der Waals surface area contributed by atoms with Crippen LogP contribution in [0.15, 0.2) is 18.5 Å². The zero-order valence-corrected chi connectivity index (χ0v) is 15.3. The number of carbonyl (C=O) groups excluding carboxylic acids is 1. The Kier molecular flexibility index (Phi) is 5.01. The molecular formula is C18H26N6O. The Hall–Kier alpha value is -2.44. The van der Waals surface area contributed by atoms with Crippen molar-refractivity contribution in [3.05, 3.63) is 35.7 Å². The molecular weight excluding hydrogens is 316 g/mol. The van der Waals surface area contributed by atoms with Crippen LogP contribution in [0.4, 0.5) is 5.95 Å². The Morgan fingerprint density at radius 3 is 2.80 bits per heavy atom. The number of imidazole rings is 1. The second-order valence-corrected chi connectivity index (χ2v) is 7.03. The molecule has 2 aromatic rings. The molecule has 1 amide bonds. The molecule has 1 aliphatic rings. The van der Waals surface area contributed by atoms with Crippen LogP contribution in [-0.2, 0) is 4.79 Å². The van der Waals surface area contributed by atoms with E-state index in [9.17, 15) is 4.79 Å². The first-order chi connectivity index (χ1) is 12.0. The highest BCUT2D eigenvalue weighted by Gasteiger charge is 2.36. The minimum Gasteiger partial charge on any atom is -0.344 e. The molecule has 7 heteroatoms. The van der Waals surface area contributed by atoms with Crippen molar-refractivity contribution in [3.63, 3.8) is 0 Å². The van der Waals surface area contributed by atoms with Gasteiger partial charge in [0.25, 0.3) is 0 Å². The largest absolute Gasteiger partial charge is 0.344 e. The number of rotatable bonds is 5. The van der Waals surface area contributed by atoms with Gasteiger partial charge in [0.05, 0.1) is 6.04 Å². The molecule has 0 unspecified atom stereocenters. The number of anilines is 1. The summed E-state index contributed by atoms with van der Waals surface area (Å²) in [5.74, 6) is 1.57. The molecule has 3 rings (SSSR count). The predicted octanol–water partition coefficient (Wildman–Crippen LogP) is 2.62. The van der Waals surface area contributed by atoms with Crippen LogP contribution in [0.25, 0.3) is 0 Å². The highest BCUT2D eigenvalue weighted by molar-refractivity contribution is 5.85. The van der Waals surface area contributed by atoms with E-state index in [-0.39, 0.29) is 23.9 Å². The SMILES string of the molecule is Cc1ccnc(N[C@H](C(=O)N2CCC[C@H]2c2ncc(C)[nH]2)C(C)C)n1. The van der Waals surface area contributed by atoms with E-state index in [0.717, 1.165) is 36.6 Å². The van der Waals surface area contributed by atoms with Crippen molar-refractivity contribution >= 4 is 11.9 Å². The van der Waals surface area contributed by atoms with Crippen LogP contribution < -0.4 is 5.32 Å². The van der Waals surface area contributed by atoms with Crippen molar-refractivity contribution in [1.82, 2.24) is 24.8 Å². The molecule has 0 spiro atoms. The highest BCUT2D eigenvalue weighted by Crippen LogP contribution is 2.31. The van der Waals surface area contributed by atoms with E-state index in [1.807, 2.05) is 44.9 Å². The van der Waals surface area contributed by atoms with Crippen molar-refractivity contribution in [1.29, 1.82) is 0 Å². The first-order valence-electron chi connectivity index (χ1n) is 8.84. The van der Waals surface area contributed by atoms with E-state index in [2.05, 4.69) is 25.3 Å². The number of H-pyrrole nitrogens is 1.